The summed E-state index contributed by atoms with van der Waals surface area (Å²) in [6, 6.07) is 8.45. The van der Waals surface area contributed by atoms with Crippen molar-refractivity contribution in [1.29, 1.82) is 0 Å². The summed E-state index contributed by atoms with van der Waals surface area (Å²) in [7, 11) is 0. The molecule has 1 N–H and O–H groups in total. The molecule has 3 heteroatoms. The van der Waals surface area contributed by atoms with Crippen LogP contribution in [0.15, 0.2) is 34.9 Å². The van der Waals surface area contributed by atoms with Gasteiger partial charge in [-0.05, 0) is 25.5 Å². The second-order valence-corrected chi connectivity index (χ2v) is 4.35. The van der Waals surface area contributed by atoms with Crippen molar-refractivity contribution in [3.8, 4) is 11.3 Å². The second-order valence-electron chi connectivity index (χ2n) is 4.35. The Hall–Kier alpha value is -1.61. The molecule has 1 unspecified atom stereocenters. The zero-order chi connectivity index (χ0) is 13.0. The molecule has 0 aliphatic carbocycles. The number of nitrogens with zero attached hydrogens (tertiary/aromatic N) is 1. The van der Waals surface area contributed by atoms with Crippen LogP contribution in [0.25, 0.3) is 11.3 Å². The molecule has 0 bridgehead atoms. The lowest BCUT2D eigenvalue weighted by atomic mass is 10.0. The fraction of sp³-hybridized carbons (Fsp3) is 0.400. The molecule has 2 rings (SSSR count). The summed E-state index contributed by atoms with van der Waals surface area (Å²) in [5.41, 5.74) is 2.43. The highest BCUT2D eigenvalue weighted by atomic mass is 16.4. The molecule has 2 aromatic rings. The Balaban J connectivity index is 2.29. The fourth-order valence-corrected chi connectivity index (χ4v) is 2.07. The molecule has 96 valence electrons. The summed E-state index contributed by atoms with van der Waals surface area (Å²) in [5.74, 6) is 1.60. The zero-order valence-electron chi connectivity index (χ0n) is 11.2. The smallest absolute Gasteiger partial charge is 0.211 e. The van der Waals surface area contributed by atoms with Gasteiger partial charge in [0.1, 0.15) is 0 Å². The summed E-state index contributed by atoms with van der Waals surface area (Å²) in [4.78, 5) is 4.36. The lowest BCUT2D eigenvalue weighted by Crippen LogP contribution is -2.17. The molecule has 18 heavy (non-hydrogen) atoms. The molecule has 0 radical (unpaired) electrons. The van der Waals surface area contributed by atoms with Gasteiger partial charge in [0, 0.05) is 5.56 Å². The summed E-state index contributed by atoms with van der Waals surface area (Å²) in [6.07, 6.45) is 2.81. The maximum Gasteiger partial charge on any atom is 0.211 e. The third-order valence-corrected chi connectivity index (χ3v) is 3.07. The lowest BCUT2D eigenvalue weighted by molar-refractivity contribution is 0.429. The van der Waals surface area contributed by atoms with Crippen molar-refractivity contribution in [2.45, 2.75) is 33.2 Å². The van der Waals surface area contributed by atoms with Gasteiger partial charge in [-0.1, -0.05) is 38.1 Å². The van der Waals surface area contributed by atoms with Gasteiger partial charge in [0.15, 0.2) is 5.76 Å². The molecule has 1 atom stereocenters. The van der Waals surface area contributed by atoms with Crippen molar-refractivity contribution in [3.63, 3.8) is 0 Å². The van der Waals surface area contributed by atoms with Crippen molar-refractivity contribution in [1.82, 2.24) is 10.3 Å². The number of hydrogen-bond donors (Lipinski definition) is 1. The van der Waals surface area contributed by atoms with Gasteiger partial charge in [-0.2, -0.15) is 0 Å². The van der Waals surface area contributed by atoms with E-state index in [1.54, 1.807) is 0 Å². The second kappa shape index (κ2) is 5.83. The van der Waals surface area contributed by atoms with Crippen LogP contribution in [0.3, 0.4) is 0 Å². The summed E-state index contributed by atoms with van der Waals surface area (Å²) in [5, 5.41) is 3.30. The SMILES string of the molecule is CCNC(C)c1ncc(-c2ccccc2CC)o1. The highest BCUT2D eigenvalue weighted by molar-refractivity contribution is 5.61. The average Bonchev–Trinajstić information content (AvgIpc) is 2.88. The van der Waals surface area contributed by atoms with Crippen LogP contribution in [-0.4, -0.2) is 11.5 Å². The van der Waals surface area contributed by atoms with E-state index in [4.69, 9.17) is 4.42 Å². The van der Waals surface area contributed by atoms with Crippen LogP contribution in [0.4, 0.5) is 0 Å². The maximum absolute atomic E-state index is 5.85. The highest BCUT2D eigenvalue weighted by Crippen LogP contribution is 2.26. The lowest BCUT2D eigenvalue weighted by Gasteiger charge is -2.07. The van der Waals surface area contributed by atoms with E-state index < -0.39 is 0 Å². The first-order valence-corrected chi connectivity index (χ1v) is 6.53. The summed E-state index contributed by atoms with van der Waals surface area (Å²) in [6.45, 7) is 7.19. The summed E-state index contributed by atoms with van der Waals surface area (Å²) >= 11 is 0. The number of hydrogen-bond acceptors (Lipinski definition) is 3. The van der Waals surface area contributed by atoms with Crippen molar-refractivity contribution >= 4 is 0 Å². The van der Waals surface area contributed by atoms with Crippen LogP contribution >= 0.6 is 0 Å². The number of oxazole rings is 1. The molecule has 0 saturated carbocycles. The van der Waals surface area contributed by atoms with Gasteiger partial charge < -0.3 is 9.73 Å². The number of aryl methyl sites for hydroxylation is 1. The minimum Gasteiger partial charge on any atom is -0.439 e. The van der Waals surface area contributed by atoms with Gasteiger partial charge in [-0.15, -0.1) is 0 Å². The molecule has 1 aromatic carbocycles. The van der Waals surface area contributed by atoms with Crippen LogP contribution in [0.5, 0.6) is 0 Å². The van der Waals surface area contributed by atoms with Crippen molar-refractivity contribution in [3.05, 3.63) is 41.9 Å². The van der Waals surface area contributed by atoms with Gasteiger partial charge in [-0.25, -0.2) is 4.98 Å². The molecule has 0 saturated heterocycles. The Morgan fingerprint density at radius 2 is 2.06 bits per heavy atom. The molecular weight excluding hydrogens is 224 g/mol. The largest absolute Gasteiger partial charge is 0.439 e. The van der Waals surface area contributed by atoms with E-state index in [9.17, 15) is 0 Å². The van der Waals surface area contributed by atoms with Crippen LogP contribution < -0.4 is 5.32 Å². The molecule has 1 aromatic heterocycles. The van der Waals surface area contributed by atoms with Gasteiger partial charge in [0.05, 0.1) is 12.2 Å². The van der Waals surface area contributed by atoms with E-state index in [1.165, 1.54) is 5.56 Å². The number of benzene rings is 1. The van der Waals surface area contributed by atoms with Gasteiger partial charge in [0.2, 0.25) is 5.89 Å². The van der Waals surface area contributed by atoms with E-state index in [1.807, 2.05) is 12.3 Å². The van der Waals surface area contributed by atoms with E-state index in [0.29, 0.717) is 0 Å². The standard InChI is InChI=1S/C15H20N2O/c1-4-12-8-6-7-9-13(12)14-10-17-15(18-14)11(3)16-5-2/h6-11,16H,4-5H2,1-3H3. The molecule has 1 heterocycles. The minimum atomic E-state index is 0.150. The normalized spacial score (nSPS) is 12.6. The van der Waals surface area contributed by atoms with Crippen LogP contribution in [0.2, 0.25) is 0 Å². The first-order valence-electron chi connectivity index (χ1n) is 6.53. The molecule has 0 aliphatic rings. The number of nitrogens with one attached hydrogen (secondary N) is 1. The Labute approximate surface area is 108 Å². The van der Waals surface area contributed by atoms with E-state index >= 15 is 0 Å². The Morgan fingerprint density at radius 3 is 2.78 bits per heavy atom. The molecule has 0 fully saturated rings. The predicted molar refractivity (Wildman–Crippen MR) is 73.4 cm³/mol. The van der Waals surface area contributed by atoms with Crippen molar-refractivity contribution < 1.29 is 4.42 Å². The maximum atomic E-state index is 5.85. The molecule has 3 nitrogen and oxygen atoms in total. The van der Waals surface area contributed by atoms with Crippen LogP contribution in [0, 0.1) is 0 Å². The Morgan fingerprint density at radius 1 is 1.28 bits per heavy atom. The highest BCUT2D eigenvalue weighted by Gasteiger charge is 2.13. The number of rotatable bonds is 5. The first-order chi connectivity index (χ1) is 8.76. The van der Waals surface area contributed by atoms with Gasteiger partial charge in [0.25, 0.3) is 0 Å². The van der Waals surface area contributed by atoms with E-state index in [2.05, 4.69) is 49.3 Å². The Kier molecular flexibility index (Phi) is 4.15. The molecule has 0 spiro atoms. The topological polar surface area (TPSA) is 38.1 Å². The molecular formula is C15H20N2O. The van der Waals surface area contributed by atoms with Crippen molar-refractivity contribution in [2.75, 3.05) is 6.54 Å². The third kappa shape index (κ3) is 2.62. The van der Waals surface area contributed by atoms with Crippen LogP contribution in [-0.2, 0) is 6.42 Å². The van der Waals surface area contributed by atoms with Gasteiger partial charge in [-0.3, -0.25) is 0 Å². The van der Waals surface area contributed by atoms with Crippen molar-refractivity contribution in [2.24, 2.45) is 0 Å². The zero-order valence-corrected chi connectivity index (χ0v) is 11.2. The van der Waals surface area contributed by atoms with E-state index in [0.717, 1.165) is 30.2 Å². The quantitative estimate of drug-likeness (QED) is 0.873. The predicted octanol–water partition coefficient (Wildman–Crippen LogP) is 3.57. The minimum absolute atomic E-state index is 0.150. The monoisotopic (exact) mass is 244 g/mol. The third-order valence-electron chi connectivity index (χ3n) is 3.07. The summed E-state index contributed by atoms with van der Waals surface area (Å²) < 4.78 is 5.85. The van der Waals surface area contributed by atoms with E-state index in [-0.39, 0.29) is 6.04 Å². The Bertz CT molecular complexity index is 505. The number of aromatic nitrogens is 1. The van der Waals surface area contributed by atoms with Gasteiger partial charge >= 0.3 is 0 Å². The average molecular weight is 244 g/mol. The molecule has 0 amide bonds. The first kappa shape index (κ1) is 12.8. The fourth-order valence-electron chi connectivity index (χ4n) is 2.07. The van der Waals surface area contributed by atoms with Crippen LogP contribution in [0.1, 0.15) is 38.3 Å². The molecule has 0 aliphatic heterocycles.